The lowest BCUT2D eigenvalue weighted by molar-refractivity contribution is 0.260. The quantitative estimate of drug-likeness (QED) is 0.793. The van der Waals surface area contributed by atoms with Crippen molar-refractivity contribution >= 4 is 5.82 Å². The van der Waals surface area contributed by atoms with Crippen LogP contribution >= 0.6 is 0 Å². The Morgan fingerprint density at radius 2 is 2.29 bits per heavy atom. The summed E-state index contributed by atoms with van der Waals surface area (Å²) in [6.45, 7) is 5.60. The summed E-state index contributed by atoms with van der Waals surface area (Å²) in [6.07, 6.45) is 5.74. The maximum Gasteiger partial charge on any atom is 0.165 e. The van der Waals surface area contributed by atoms with Crippen molar-refractivity contribution in [2.24, 2.45) is 11.3 Å². The SMILES string of the molecule is CC(C)(CCn1cc(N)nn1)C1CC1. The second-order valence-corrected chi connectivity index (χ2v) is 4.92. The van der Waals surface area contributed by atoms with Crippen LogP contribution in [0.5, 0.6) is 0 Å². The average molecular weight is 194 g/mol. The molecule has 1 aromatic rings. The molecule has 0 amide bonds. The van der Waals surface area contributed by atoms with Crippen LogP contribution in [0.2, 0.25) is 0 Å². The van der Waals surface area contributed by atoms with Gasteiger partial charge in [0.1, 0.15) is 0 Å². The second-order valence-electron chi connectivity index (χ2n) is 4.92. The third-order valence-electron chi connectivity index (χ3n) is 3.22. The summed E-state index contributed by atoms with van der Waals surface area (Å²) >= 11 is 0. The molecule has 0 atom stereocenters. The molecule has 0 spiro atoms. The largest absolute Gasteiger partial charge is 0.381 e. The minimum absolute atomic E-state index is 0.445. The molecule has 2 rings (SSSR count). The Labute approximate surface area is 84.5 Å². The highest BCUT2D eigenvalue weighted by Crippen LogP contribution is 2.47. The highest BCUT2D eigenvalue weighted by atomic mass is 15.4. The van der Waals surface area contributed by atoms with Crippen molar-refractivity contribution in [3.63, 3.8) is 0 Å². The van der Waals surface area contributed by atoms with E-state index in [-0.39, 0.29) is 0 Å². The smallest absolute Gasteiger partial charge is 0.165 e. The van der Waals surface area contributed by atoms with Crippen molar-refractivity contribution in [2.75, 3.05) is 5.73 Å². The highest BCUT2D eigenvalue weighted by Gasteiger charge is 2.37. The molecular formula is C10H18N4. The van der Waals surface area contributed by atoms with Crippen LogP contribution in [0.4, 0.5) is 5.82 Å². The zero-order valence-corrected chi connectivity index (χ0v) is 8.90. The number of anilines is 1. The van der Waals surface area contributed by atoms with Gasteiger partial charge < -0.3 is 5.73 Å². The normalized spacial score (nSPS) is 17.3. The van der Waals surface area contributed by atoms with Gasteiger partial charge in [-0.2, -0.15) is 0 Å². The molecule has 4 heteroatoms. The molecule has 1 fully saturated rings. The fourth-order valence-corrected chi connectivity index (χ4v) is 1.89. The van der Waals surface area contributed by atoms with Gasteiger partial charge in [0.25, 0.3) is 0 Å². The van der Waals surface area contributed by atoms with E-state index in [0.29, 0.717) is 11.2 Å². The molecule has 1 heterocycles. The summed E-state index contributed by atoms with van der Waals surface area (Å²) in [5.74, 6) is 1.43. The summed E-state index contributed by atoms with van der Waals surface area (Å²) in [4.78, 5) is 0. The van der Waals surface area contributed by atoms with E-state index in [4.69, 9.17) is 5.73 Å². The van der Waals surface area contributed by atoms with Crippen molar-refractivity contribution < 1.29 is 0 Å². The molecule has 78 valence electrons. The zero-order valence-electron chi connectivity index (χ0n) is 8.90. The van der Waals surface area contributed by atoms with E-state index in [2.05, 4.69) is 24.2 Å². The van der Waals surface area contributed by atoms with Crippen molar-refractivity contribution in [3.05, 3.63) is 6.20 Å². The van der Waals surface area contributed by atoms with E-state index in [0.717, 1.165) is 18.9 Å². The number of aryl methyl sites for hydroxylation is 1. The number of hydrogen-bond acceptors (Lipinski definition) is 3. The van der Waals surface area contributed by atoms with Gasteiger partial charge in [0.2, 0.25) is 0 Å². The van der Waals surface area contributed by atoms with Gasteiger partial charge in [-0.3, -0.25) is 4.68 Å². The zero-order chi connectivity index (χ0) is 10.2. The molecule has 0 unspecified atom stereocenters. The first-order chi connectivity index (χ1) is 6.58. The average Bonchev–Trinajstić information content (AvgIpc) is 2.89. The molecule has 0 aliphatic heterocycles. The number of nitrogen functional groups attached to an aromatic ring is 1. The Morgan fingerprint density at radius 1 is 1.57 bits per heavy atom. The number of rotatable bonds is 4. The van der Waals surface area contributed by atoms with E-state index < -0.39 is 0 Å². The van der Waals surface area contributed by atoms with Crippen LogP contribution < -0.4 is 5.73 Å². The molecule has 1 aromatic heterocycles. The molecule has 0 saturated heterocycles. The lowest BCUT2D eigenvalue weighted by Crippen LogP contribution is -2.17. The Kier molecular flexibility index (Phi) is 2.21. The lowest BCUT2D eigenvalue weighted by atomic mass is 9.84. The summed E-state index contributed by atoms with van der Waals surface area (Å²) in [5.41, 5.74) is 5.94. The van der Waals surface area contributed by atoms with Crippen LogP contribution in [0.1, 0.15) is 33.1 Å². The van der Waals surface area contributed by atoms with Crippen molar-refractivity contribution in [1.29, 1.82) is 0 Å². The van der Waals surface area contributed by atoms with Gasteiger partial charge in [-0.05, 0) is 30.6 Å². The van der Waals surface area contributed by atoms with Gasteiger partial charge in [-0.1, -0.05) is 19.1 Å². The number of aromatic nitrogens is 3. The van der Waals surface area contributed by atoms with Crippen molar-refractivity contribution in [2.45, 2.75) is 39.7 Å². The van der Waals surface area contributed by atoms with Gasteiger partial charge in [-0.25, -0.2) is 0 Å². The van der Waals surface area contributed by atoms with Gasteiger partial charge in [0, 0.05) is 6.54 Å². The molecule has 0 bridgehead atoms. The van der Waals surface area contributed by atoms with Crippen LogP contribution in [0.15, 0.2) is 6.20 Å². The first kappa shape index (κ1) is 9.49. The fourth-order valence-electron chi connectivity index (χ4n) is 1.89. The summed E-state index contributed by atoms with van der Waals surface area (Å²) in [7, 11) is 0. The van der Waals surface area contributed by atoms with E-state index in [1.807, 2.05) is 4.68 Å². The van der Waals surface area contributed by atoms with Crippen LogP contribution in [-0.4, -0.2) is 15.0 Å². The van der Waals surface area contributed by atoms with Gasteiger partial charge in [0.15, 0.2) is 5.82 Å². The van der Waals surface area contributed by atoms with E-state index in [1.165, 1.54) is 12.8 Å². The molecule has 1 saturated carbocycles. The molecule has 14 heavy (non-hydrogen) atoms. The number of nitrogens with zero attached hydrogens (tertiary/aromatic N) is 3. The number of nitrogens with two attached hydrogens (primary N) is 1. The minimum atomic E-state index is 0.445. The predicted molar refractivity (Wildman–Crippen MR) is 55.6 cm³/mol. The maximum atomic E-state index is 5.50. The lowest BCUT2D eigenvalue weighted by Gasteiger charge is -2.23. The summed E-state index contributed by atoms with van der Waals surface area (Å²) in [6, 6.07) is 0. The Bertz CT molecular complexity index is 312. The first-order valence-electron chi connectivity index (χ1n) is 5.23. The molecule has 0 radical (unpaired) electrons. The third-order valence-corrected chi connectivity index (χ3v) is 3.22. The van der Waals surface area contributed by atoms with E-state index >= 15 is 0 Å². The minimum Gasteiger partial charge on any atom is -0.381 e. The standard InChI is InChI=1S/C10H18N4/c1-10(2,8-3-4-8)5-6-14-7-9(11)12-13-14/h7-8H,3-6,11H2,1-2H3. The Hall–Kier alpha value is -1.06. The molecule has 4 nitrogen and oxygen atoms in total. The highest BCUT2D eigenvalue weighted by molar-refractivity contribution is 5.19. The monoisotopic (exact) mass is 194 g/mol. The van der Waals surface area contributed by atoms with Crippen LogP contribution in [0, 0.1) is 11.3 Å². The maximum absolute atomic E-state index is 5.50. The summed E-state index contributed by atoms with van der Waals surface area (Å²) in [5, 5.41) is 7.71. The van der Waals surface area contributed by atoms with Crippen LogP contribution in [-0.2, 0) is 6.54 Å². The Balaban J connectivity index is 1.87. The topological polar surface area (TPSA) is 56.7 Å². The van der Waals surface area contributed by atoms with Gasteiger partial charge in [-0.15, -0.1) is 5.10 Å². The first-order valence-corrected chi connectivity index (χ1v) is 5.23. The Morgan fingerprint density at radius 3 is 2.79 bits per heavy atom. The fraction of sp³-hybridized carbons (Fsp3) is 0.800. The molecule has 2 N–H and O–H groups in total. The predicted octanol–water partition coefficient (Wildman–Crippen LogP) is 1.69. The molecule has 0 aromatic carbocycles. The van der Waals surface area contributed by atoms with Crippen molar-refractivity contribution in [1.82, 2.24) is 15.0 Å². The third kappa shape index (κ3) is 2.05. The molecular weight excluding hydrogens is 176 g/mol. The van der Waals surface area contributed by atoms with E-state index in [1.54, 1.807) is 6.20 Å². The van der Waals surface area contributed by atoms with Crippen LogP contribution in [0.25, 0.3) is 0 Å². The van der Waals surface area contributed by atoms with Crippen LogP contribution in [0.3, 0.4) is 0 Å². The molecule has 1 aliphatic rings. The molecule has 1 aliphatic carbocycles. The van der Waals surface area contributed by atoms with Crippen molar-refractivity contribution in [3.8, 4) is 0 Å². The van der Waals surface area contributed by atoms with Gasteiger partial charge in [0.05, 0.1) is 6.20 Å². The second kappa shape index (κ2) is 3.26. The van der Waals surface area contributed by atoms with E-state index in [9.17, 15) is 0 Å². The summed E-state index contributed by atoms with van der Waals surface area (Å²) < 4.78 is 1.83. The number of hydrogen-bond donors (Lipinski definition) is 1. The van der Waals surface area contributed by atoms with Gasteiger partial charge >= 0.3 is 0 Å².